The van der Waals surface area contributed by atoms with Crippen molar-refractivity contribution in [3.63, 3.8) is 0 Å². The third-order valence-electron chi connectivity index (χ3n) is 6.53. The average molecular weight is 276 g/mol. The molecule has 3 rings (SSSR count). The van der Waals surface area contributed by atoms with E-state index in [0.29, 0.717) is 12.3 Å². The SMILES string of the molecule is CCC1(OC(=O)CC2CC3CC2C(C)C3C)C=CCC1. The Bertz CT molecular complexity index is 412. The molecular weight excluding hydrogens is 248 g/mol. The van der Waals surface area contributed by atoms with Crippen molar-refractivity contribution >= 4 is 5.97 Å². The number of rotatable bonds is 4. The zero-order chi connectivity index (χ0) is 14.3. The van der Waals surface area contributed by atoms with Crippen LogP contribution in [0.15, 0.2) is 12.2 Å². The van der Waals surface area contributed by atoms with E-state index < -0.39 is 0 Å². The first-order chi connectivity index (χ1) is 9.54. The number of hydrogen-bond acceptors (Lipinski definition) is 2. The Labute approximate surface area is 123 Å². The fraction of sp³-hybridized carbons (Fsp3) is 0.833. The van der Waals surface area contributed by atoms with Crippen LogP contribution in [0, 0.1) is 29.6 Å². The van der Waals surface area contributed by atoms with Crippen LogP contribution in [-0.4, -0.2) is 11.6 Å². The summed E-state index contributed by atoms with van der Waals surface area (Å²) in [7, 11) is 0. The second kappa shape index (κ2) is 5.20. The Morgan fingerprint density at radius 1 is 1.30 bits per heavy atom. The Balaban J connectivity index is 1.57. The van der Waals surface area contributed by atoms with Gasteiger partial charge in [0.2, 0.25) is 0 Å². The summed E-state index contributed by atoms with van der Waals surface area (Å²) in [5.74, 6) is 3.89. The van der Waals surface area contributed by atoms with Crippen LogP contribution in [0.5, 0.6) is 0 Å². The highest BCUT2D eigenvalue weighted by molar-refractivity contribution is 5.70. The Morgan fingerprint density at radius 2 is 2.10 bits per heavy atom. The lowest BCUT2D eigenvalue weighted by atomic mass is 9.74. The molecule has 2 nitrogen and oxygen atoms in total. The summed E-state index contributed by atoms with van der Waals surface area (Å²) in [5.41, 5.74) is -0.284. The summed E-state index contributed by atoms with van der Waals surface area (Å²) < 4.78 is 5.85. The van der Waals surface area contributed by atoms with Gasteiger partial charge in [0, 0.05) is 6.42 Å². The van der Waals surface area contributed by atoms with E-state index in [9.17, 15) is 4.79 Å². The Kier molecular flexibility index (Phi) is 3.68. The van der Waals surface area contributed by atoms with Crippen LogP contribution >= 0.6 is 0 Å². The first-order valence-corrected chi connectivity index (χ1v) is 8.44. The Morgan fingerprint density at radius 3 is 2.65 bits per heavy atom. The van der Waals surface area contributed by atoms with Crippen molar-refractivity contribution in [1.82, 2.24) is 0 Å². The molecule has 0 spiro atoms. The molecule has 0 aromatic rings. The van der Waals surface area contributed by atoms with Gasteiger partial charge in [-0.15, -0.1) is 0 Å². The number of carbonyl (C=O) groups is 1. The van der Waals surface area contributed by atoms with Crippen molar-refractivity contribution in [2.45, 2.75) is 64.9 Å². The maximum absolute atomic E-state index is 12.3. The van der Waals surface area contributed by atoms with Crippen LogP contribution in [0.25, 0.3) is 0 Å². The van der Waals surface area contributed by atoms with Crippen LogP contribution in [0.4, 0.5) is 0 Å². The molecule has 2 saturated carbocycles. The van der Waals surface area contributed by atoms with Crippen LogP contribution in [0.3, 0.4) is 0 Å². The first-order valence-electron chi connectivity index (χ1n) is 8.44. The highest BCUT2D eigenvalue weighted by Gasteiger charge is 2.49. The summed E-state index contributed by atoms with van der Waals surface area (Å²) >= 11 is 0. The van der Waals surface area contributed by atoms with E-state index in [4.69, 9.17) is 4.74 Å². The van der Waals surface area contributed by atoms with Crippen LogP contribution in [0.1, 0.15) is 59.3 Å². The molecule has 0 amide bonds. The zero-order valence-electron chi connectivity index (χ0n) is 13.1. The fourth-order valence-electron chi connectivity index (χ4n) is 4.97. The van der Waals surface area contributed by atoms with Gasteiger partial charge in [-0.25, -0.2) is 0 Å². The van der Waals surface area contributed by atoms with Gasteiger partial charge < -0.3 is 4.74 Å². The van der Waals surface area contributed by atoms with E-state index in [1.165, 1.54) is 12.8 Å². The van der Waals surface area contributed by atoms with E-state index in [1.54, 1.807) is 0 Å². The second-order valence-electron chi connectivity index (χ2n) is 7.41. The molecule has 112 valence electrons. The number of carbonyl (C=O) groups excluding carboxylic acids is 1. The van der Waals surface area contributed by atoms with Crippen molar-refractivity contribution < 1.29 is 9.53 Å². The molecule has 0 aromatic heterocycles. The van der Waals surface area contributed by atoms with Gasteiger partial charge in [0.25, 0.3) is 0 Å². The molecular formula is C18H28O2. The van der Waals surface area contributed by atoms with E-state index >= 15 is 0 Å². The minimum Gasteiger partial charge on any atom is -0.455 e. The van der Waals surface area contributed by atoms with Crippen molar-refractivity contribution in [3.05, 3.63) is 12.2 Å². The number of ether oxygens (including phenoxy) is 1. The third-order valence-corrected chi connectivity index (χ3v) is 6.53. The lowest BCUT2D eigenvalue weighted by Gasteiger charge is -2.32. The maximum atomic E-state index is 12.3. The van der Waals surface area contributed by atoms with Crippen molar-refractivity contribution in [1.29, 1.82) is 0 Å². The molecule has 0 heterocycles. The molecule has 20 heavy (non-hydrogen) atoms. The third kappa shape index (κ3) is 2.31. The van der Waals surface area contributed by atoms with Gasteiger partial charge in [-0.2, -0.15) is 0 Å². The highest BCUT2D eigenvalue weighted by Crippen LogP contribution is 2.56. The van der Waals surface area contributed by atoms with Gasteiger partial charge in [0.15, 0.2) is 0 Å². The normalized spacial score (nSPS) is 46.0. The van der Waals surface area contributed by atoms with Crippen molar-refractivity contribution in [2.24, 2.45) is 29.6 Å². The molecule has 2 fully saturated rings. The fourth-order valence-corrected chi connectivity index (χ4v) is 4.97. The van der Waals surface area contributed by atoms with E-state index in [2.05, 4.69) is 32.9 Å². The van der Waals surface area contributed by atoms with Crippen LogP contribution in [-0.2, 0) is 9.53 Å². The molecule has 0 N–H and O–H groups in total. The molecule has 0 saturated heterocycles. The molecule has 2 bridgehead atoms. The quantitative estimate of drug-likeness (QED) is 0.564. The van der Waals surface area contributed by atoms with Gasteiger partial charge in [-0.1, -0.05) is 26.8 Å². The number of fused-ring (bicyclic) bond motifs is 2. The lowest BCUT2D eigenvalue weighted by Crippen LogP contribution is -2.32. The summed E-state index contributed by atoms with van der Waals surface area (Å²) in [6.45, 7) is 6.88. The van der Waals surface area contributed by atoms with Crippen molar-refractivity contribution in [3.8, 4) is 0 Å². The molecule has 3 aliphatic rings. The average Bonchev–Trinajstić information content (AvgIpc) is 3.09. The van der Waals surface area contributed by atoms with Crippen LogP contribution in [0.2, 0.25) is 0 Å². The first kappa shape index (κ1) is 14.2. The summed E-state index contributed by atoms with van der Waals surface area (Å²) in [4.78, 5) is 12.3. The number of esters is 1. The van der Waals surface area contributed by atoms with Gasteiger partial charge in [-0.05, 0) is 67.8 Å². The molecule has 3 aliphatic carbocycles. The van der Waals surface area contributed by atoms with Crippen molar-refractivity contribution in [2.75, 3.05) is 0 Å². The number of hydrogen-bond donors (Lipinski definition) is 0. The molecule has 6 unspecified atom stereocenters. The molecule has 0 aliphatic heterocycles. The lowest BCUT2D eigenvalue weighted by molar-refractivity contribution is -0.157. The van der Waals surface area contributed by atoms with Gasteiger partial charge in [0.05, 0.1) is 0 Å². The zero-order valence-corrected chi connectivity index (χ0v) is 13.1. The predicted molar refractivity (Wildman–Crippen MR) is 80.1 cm³/mol. The van der Waals surface area contributed by atoms with E-state index in [1.807, 2.05) is 0 Å². The summed E-state index contributed by atoms with van der Waals surface area (Å²) in [5, 5.41) is 0. The minimum absolute atomic E-state index is 0.0378. The minimum atomic E-state index is -0.284. The predicted octanol–water partition coefficient (Wildman–Crippen LogP) is 4.35. The molecule has 6 atom stereocenters. The Hall–Kier alpha value is -0.790. The number of allylic oxidation sites excluding steroid dienone is 1. The molecule has 0 radical (unpaired) electrons. The monoisotopic (exact) mass is 276 g/mol. The highest BCUT2D eigenvalue weighted by atomic mass is 16.6. The summed E-state index contributed by atoms with van der Waals surface area (Å²) in [6, 6.07) is 0. The molecule has 0 aromatic carbocycles. The largest absolute Gasteiger partial charge is 0.455 e. The standard InChI is InChI=1S/C18H28O2/c1-4-18(7-5-6-8-18)20-17(19)11-15-9-14-10-16(15)13(3)12(14)2/h5,7,12-16H,4,6,8-11H2,1-3H3. The topological polar surface area (TPSA) is 26.3 Å². The smallest absolute Gasteiger partial charge is 0.306 e. The summed E-state index contributed by atoms with van der Waals surface area (Å²) in [6.07, 6.45) is 10.4. The van der Waals surface area contributed by atoms with Crippen LogP contribution < -0.4 is 0 Å². The van der Waals surface area contributed by atoms with E-state index in [-0.39, 0.29) is 11.6 Å². The maximum Gasteiger partial charge on any atom is 0.306 e. The van der Waals surface area contributed by atoms with E-state index in [0.717, 1.165) is 42.9 Å². The van der Waals surface area contributed by atoms with Gasteiger partial charge in [-0.3, -0.25) is 4.79 Å². The molecule has 2 heteroatoms. The van der Waals surface area contributed by atoms with Gasteiger partial charge >= 0.3 is 5.97 Å². The second-order valence-corrected chi connectivity index (χ2v) is 7.41. The van der Waals surface area contributed by atoms with Gasteiger partial charge in [0.1, 0.15) is 5.60 Å².